The summed E-state index contributed by atoms with van der Waals surface area (Å²) in [5.74, 6) is 0. The molecule has 0 atom stereocenters. The third kappa shape index (κ3) is 3.95. The van der Waals surface area contributed by atoms with Gasteiger partial charge in [0.1, 0.15) is 0 Å². The van der Waals surface area contributed by atoms with E-state index >= 15 is 0 Å². The fourth-order valence-corrected chi connectivity index (χ4v) is 2.83. The molecule has 0 bridgehead atoms. The third-order valence-electron chi connectivity index (χ3n) is 3.10. The number of hydrazone groups is 1. The van der Waals surface area contributed by atoms with Crippen molar-refractivity contribution < 1.29 is 4.92 Å². The maximum absolute atomic E-state index is 10.7. The number of aromatic nitrogens is 1. The summed E-state index contributed by atoms with van der Waals surface area (Å²) in [6.07, 6.45) is 1.65. The first-order valence-electron chi connectivity index (χ1n) is 6.87. The molecular formula is C16H11ClN4O2S. The first-order chi connectivity index (χ1) is 11.6. The fourth-order valence-electron chi connectivity index (χ4n) is 1.96. The molecule has 0 saturated heterocycles. The molecular weight excluding hydrogens is 348 g/mol. The van der Waals surface area contributed by atoms with Gasteiger partial charge in [-0.2, -0.15) is 5.10 Å². The number of benzene rings is 2. The Morgan fingerprint density at radius 3 is 2.75 bits per heavy atom. The summed E-state index contributed by atoms with van der Waals surface area (Å²) < 4.78 is 0. The molecule has 0 aliphatic rings. The summed E-state index contributed by atoms with van der Waals surface area (Å²) in [4.78, 5) is 14.6. The number of nitro benzene ring substituents is 1. The minimum Gasteiger partial charge on any atom is -0.258 e. The van der Waals surface area contributed by atoms with Gasteiger partial charge in [0.25, 0.3) is 5.69 Å². The summed E-state index contributed by atoms with van der Waals surface area (Å²) in [6, 6.07) is 13.6. The lowest BCUT2D eigenvalue weighted by atomic mass is 10.1. The molecule has 0 aliphatic heterocycles. The summed E-state index contributed by atoms with van der Waals surface area (Å²) >= 11 is 7.31. The average molecular weight is 359 g/mol. The molecule has 0 amide bonds. The van der Waals surface area contributed by atoms with E-state index in [1.54, 1.807) is 30.5 Å². The standard InChI is InChI=1S/C16H11ClN4O2S/c17-13-3-1-2-11(8-13)9-18-20-16-19-15(10-24-16)12-4-6-14(7-5-12)21(22)23/h1-10H,(H,19,20)/b18-9+. The van der Waals surface area contributed by atoms with Crippen LogP contribution in [-0.4, -0.2) is 16.1 Å². The zero-order chi connectivity index (χ0) is 16.9. The Balaban J connectivity index is 1.68. The second-order valence-electron chi connectivity index (χ2n) is 4.77. The average Bonchev–Trinajstić information content (AvgIpc) is 3.04. The summed E-state index contributed by atoms with van der Waals surface area (Å²) in [5.41, 5.74) is 5.33. The molecule has 8 heteroatoms. The zero-order valence-corrected chi connectivity index (χ0v) is 13.8. The van der Waals surface area contributed by atoms with E-state index in [9.17, 15) is 10.1 Å². The van der Waals surface area contributed by atoms with Gasteiger partial charge in [0.15, 0.2) is 0 Å². The van der Waals surface area contributed by atoms with Crippen molar-refractivity contribution in [2.24, 2.45) is 5.10 Å². The Kier molecular flexibility index (Phi) is 4.83. The summed E-state index contributed by atoms with van der Waals surface area (Å²) in [5, 5.41) is 17.9. The van der Waals surface area contributed by atoms with Gasteiger partial charge in [-0.1, -0.05) is 23.7 Å². The van der Waals surface area contributed by atoms with Crippen molar-refractivity contribution in [2.75, 3.05) is 5.43 Å². The molecule has 0 saturated carbocycles. The Labute approximate surface area is 146 Å². The number of nitro groups is 1. The molecule has 3 aromatic rings. The first-order valence-corrected chi connectivity index (χ1v) is 8.12. The quantitative estimate of drug-likeness (QED) is 0.403. The second-order valence-corrected chi connectivity index (χ2v) is 6.06. The number of nitrogens with one attached hydrogen (secondary N) is 1. The van der Waals surface area contributed by atoms with Crippen molar-refractivity contribution >= 4 is 40.0 Å². The molecule has 0 fully saturated rings. The molecule has 0 radical (unpaired) electrons. The molecule has 1 aromatic heterocycles. The van der Waals surface area contributed by atoms with Crippen LogP contribution < -0.4 is 5.43 Å². The monoisotopic (exact) mass is 358 g/mol. The Bertz CT molecular complexity index is 893. The second kappa shape index (κ2) is 7.20. The molecule has 2 aromatic carbocycles. The van der Waals surface area contributed by atoms with E-state index in [1.165, 1.54) is 23.5 Å². The van der Waals surface area contributed by atoms with Crippen molar-refractivity contribution in [1.29, 1.82) is 0 Å². The minimum atomic E-state index is -0.428. The molecule has 1 N–H and O–H groups in total. The number of nitrogens with zero attached hydrogens (tertiary/aromatic N) is 3. The number of halogens is 1. The SMILES string of the molecule is O=[N+]([O-])c1ccc(-c2csc(N/N=C/c3cccc(Cl)c3)n2)cc1. The van der Waals surface area contributed by atoms with Crippen LogP contribution in [0.15, 0.2) is 59.0 Å². The van der Waals surface area contributed by atoms with Crippen LogP contribution in [-0.2, 0) is 0 Å². The smallest absolute Gasteiger partial charge is 0.258 e. The van der Waals surface area contributed by atoms with Crippen LogP contribution >= 0.6 is 22.9 Å². The lowest BCUT2D eigenvalue weighted by Gasteiger charge is -1.97. The van der Waals surface area contributed by atoms with Gasteiger partial charge in [0.05, 0.1) is 16.8 Å². The maximum Gasteiger partial charge on any atom is 0.269 e. The van der Waals surface area contributed by atoms with Crippen molar-refractivity contribution in [1.82, 2.24) is 4.98 Å². The van der Waals surface area contributed by atoms with Gasteiger partial charge in [0, 0.05) is 28.1 Å². The van der Waals surface area contributed by atoms with Crippen LogP contribution in [0.1, 0.15) is 5.56 Å². The normalized spacial score (nSPS) is 10.9. The number of hydrogen-bond acceptors (Lipinski definition) is 6. The van der Waals surface area contributed by atoms with Crippen molar-refractivity contribution in [3.8, 4) is 11.3 Å². The number of thiazole rings is 1. The van der Waals surface area contributed by atoms with Gasteiger partial charge in [-0.3, -0.25) is 15.5 Å². The predicted octanol–water partition coefficient (Wildman–Crippen LogP) is 4.82. The van der Waals surface area contributed by atoms with Crippen molar-refractivity contribution in [2.45, 2.75) is 0 Å². The molecule has 3 rings (SSSR count). The number of anilines is 1. The van der Waals surface area contributed by atoms with Crippen LogP contribution in [0, 0.1) is 10.1 Å². The van der Waals surface area contributed by atoms with E-state index < -0.39 is 4.92 Å². The first kappa shape index (κ1) is 16.1. The van der Waals surface area contributed by atoms with Gasteiger partial charge in [0.2, 0.25) is 5.13 Å². The van der Waals surface area contributed by atoms with E-state index in [4.69, 9.17) is 11.6 Å². The Hall–Kier alpha value is -2.77. The van der Waals surface area contributed by atoms with E-state index in [2.05, 4.69) is 15.5 Å². The van der Waals surface area contributed by atoms with Gasteiger partial charge in [-0.15, -0.1) is 11.3 Å². The Morgan fingerprint density at radius 1 is 1.25 bits per heavy atom. The highest BCUT2D eigenvalue weighted by Gasteiger charge is 2.07. The number of non-ortho nitro benzene ring substituents is 1. The van der Waals surface area contributed by atoms with Crippen LogP contribution in [0.4, 0.5) is 10.8 Å². The molecule has 24 heavy (non-hydrogen) atoms. The zero-order valence-electron chi connectivity index (χ0n) is 12.2. The topological polar surface area (TPSA) is 80.4 Å². The largest absolute Gasteiger partial charge is 0.269 e. The lowest BCUT2D eigenvalue weighted by Crippen LogP contribution is -1.90. The molecule has 120 valence electrons. The summed E-state index contributed by atoms with van der Waals surface area (Å²) in [6.45, 7) is 0. The fraction of sp³-hybridized carbons (Fsp3) is 0. The van der Waals surface area contributed by atoms with E-state index in [0.717, 1.165) is 16.8 Å². The molecule has 0 spiro atoms. The molecule has 6 nitrogen and oxygen atoms in total. The summed E-state index contributed by atoms with van der Waals surface area (Å²) in [7, 11) is 0. The van der Waals surface area contributed by atoms with Crippen LogP contribution in [0.25, 0.3) is 11.3 Å². The van der Waals surface area contributed by atoms with Crippen LogP contribution in [0.3, 0.4) is 0 Å². The van der Waals surface area contributed by atoms with Crippen LogP contribution in [0.2, 0.25) is 5.02 Å². The molecule has 1 heterocycles. The van der Waals surface area contributed by atoms with Crippen LogP contribution in [0.5, 0.6) is 0 Å². The number of hydrogen-bond donors (Lipinski definition) is 1. The molecule has 0 unspecified atom stereocenters. The minimum absolute atomic E-state index is 0.0541. The highest BCUT2D eigenvalue weighted by molar-refractivity contribution is 7.14. The van der Waals surface area contributed by atoms with Gasteiger partial charge < -0.3 is 0 Å². The van der Waals surface area contributed by atoms with Crippen molar-refractivity contribution in [3.05, 3.63) is 74.6 Å². The number of rotatable bonds is 5. The Morgan fingerprint density at radius 2 is 2.04 bits per heavy atom. The highest BCUT2D eigenvalue weighted by atomic mass is 35.5. The van der Waals surface area contributed by atoms with E-state index in [1.807, 2.05) is 17.5 Å². The van der Waals surface area contributed by atoms with E-state index in [-0.39, 0.29) is 5.69 Å². The predicted molar refractivity (Wildman–Crippen MR) is 96.9 cm³/mol. The lowest BCUT2D eigenvalue weighted by molar-refractivity contribution is -0.384. The maximum atomic E-state index is 10.7. The molecule has 0 aliphatic carbocycles. The third-order valence-corrected chi connectivity index (χ3v) is 4.08. The van der Waals surface area contributed by atoms with Gasteiger partial charge in [-0.25, -0.2) is 4.98 Å². The van der Waals surface area contributed by atoms with E-state index in [0.29, 0.717) is 10.2 Å². The highest BCUT2D eigenvalue weighted by Crippen LogP contribution is 2.26. The van der Waals surface area contributed by atoms with Crippen molar-refractivity contribution in [3.63, 3.8) is 0 Å². The van der Waals surface area contributed by atoms with Gasteiger partial charge >= 0.3 is 0 Å². The van der Waals surface area contributed by atoms with Gasteiger partial charge in [-0.05, 0) is 29.8 Å².